The molecule has 0 unspecified atom stereocenters. The Balaban J connectivity index is 2.15. The van der Waals surface area contributed by atoms with Crippen molar-refractivity contribution in [2.24, 2.45) is 0 Å². The van der Waals surface area contributed by atoms with Gasteiger partial charge in [-0.1, -0.05) is 12.1 Å². The minimum atomic E-state index is -0.254. The van der Waals surface area contributed by atoms with Crippen LogP contribution >= 0.6 is 11.8 Å². The molecule has 2 amide bonds. The zero-order valence-electron chi connectivity index (χ0n) is 9.61. The largest absolute Gasteiger partial charge is 0.326 e. The quantitative estimate of drug-likeness (QED) is 0.710. The van der Waals surface area contributed by atoms with Gasteiger partial charge in [0.05, 0.1) is 4.91 Å². The van der Waals surface area contributed by atoms with Crippen molar-refractivity contribution in [3.05, 3.63) is 34.7 Å². The highest BCUT2D eigenvalue weighted by Gasteiger charge is 2.21. The molecule has 0 saturated carbocycles. The molecule has 3 N–H and O–H groups in total. The van der Waals surface area contributed by atoms with Gasteiger partial charge in [-0.05, 0) is 35.5 Å². The molecule has 92 valence electrons. The van der Waals surface area contributed by atoms with Gasteiger partial charge in [-0.2, -0.15) is 0 Å². The lowest BCUT2D eigenvalue weighted by molar-refractivity contribution is -0.115. The highest BCUT2D eigenvalue weighted by Crippen LogP contribution is 2.25. The molecule has 0 bridgehead atoms. The molecule has 6 heteroatoms. The third-order valence-electron chi connectivity index (χ3n) is 2.19. The summed E-state index contributed by atoms with van der Waals surface area (Å²) >= 11 is 1.10. The Labute approximate surface area is 108 Å². The van der Waals surface area contributed by atoms with Crippen molar-refractivity contribution >= 4 is 40.5 Å². The number of carbonyl (C=O) groups excluding carboxylic acids is 2. The maximum absolute atomic E-state index is 11.4. The first-order chi connectivity index (χ1) is 8.54. The van der Waals surface area contributed by atoms with Crippen LogP contribution in [-0.4, -0.2) is 17.0 Å². The summed E-state index contributed by atoms with van der Waals surface area (Å²) in [4.78, 5) is 22.7. The summed E-state index contributed by atoms with van der Waals surface area (Å²) in [7, 11) is 0. The Morgan fingerprint density at radius 2 is 2.06 bits per heavy atom. The number of rotatable bonds is 2. The molecule has 0 atom stereocenters. The fourth-order valence-electron chi connectivity index (χ4n) is 1.46. The van der Waals surface area contributed by atoms with Crippen LogP contribution in [0.3, 0.4) is 0 Å². The van der Waals surface area contributed by atoms with Gasteiger partial charge >= 0.3 is 0 Å². The molecule has 0 aliphatic carbocycles. The first kappa shape index (κ1) is 12.4. The van der Waals surface area contributed by atoms with E-state index in [1.54, 1.807) is 30.3 Å². The van der Waals surface area contributed by atoms with Gasteiger partial charge < -0.3 is 10.6 Å². The minimum Gasteiger partial charge on any atom is -0.326 e. The number of amidine groups is 1. The Morgan fingerprint density at radius 3 is 2.56 bits per heavy atom. The van der Waals surface area contributed by atoms with Crippen LogP contribution in [-0.2, 0) is 9.59 Å². The summed E-state index contributed by atoms with van der Waals surface area (Å²) in [5.74, 6) is -0.379. The molecule has 5 nitrogen and oxygen atoms in total. The summed E-state index contributed by atoms with van der Waals surface area (Å²) in [6.45, 7) is 1.45. The van der Waals surface area contributed by atoms with Gasteiger partial charge in [0.1, 0.15) is 0 Å². The topological polar surface area (TPSA) is 82.1 Å². The minimum absolute atomic E-state index is 0.125. The van der Waals surface area contributed by atoms with E-state index in [-0.39, 0.29) is 17.0 Å². The number of benzene rings is 1. The molecular formula is C12H11N3O2S. The van der Waals surface area contributed by atoms with Crippen LogP contribution in [0.1, 0.15) is 12.5 Å². The highest BCUT2D eigenvalue weighted by atomic mass is 32.2. The van der Waals surface area contributed by atoms with Crippen LogP contribution in [0.4, 0.5) is 5.69 Å². The van der Waals surface area contributed by atoms with E-state index in [2.05, 4.69) is 10.6 Å². The van der Waals surface area contributed by atoms with E-state index in [9.17, 15) is 9.59 Å². The van der Waals surface area contributed by atoms with E-state index < -0.39 is 0 Å². The molecule has 1 aliphatic heterocycles. The van der Waals surface area contributed by atoms with Crippen molar-refractivity contribution in [2.45, 2.75) is 6.92 Å². The summed E-state index contributed by atoms with van der Waals surface area (Å²) in [6.07, 6.45) is 1.71. The van der Waals surface area contributed by atoms with Gasteiger partial charge in [0.25, 0.3) is 5.91 Å². The third-order valence-corrected chi connectivity index (χ3v) is 3.02. The molecule has 2 rings (SSSR count). The Hall–Kier alpha value is -2.08. The fourth-order valence-corrected chi connectivity index (χ4v) is 2.16. The fraction of sp³-hybridized carbons (Fsp3) is 0.0833. The summed E-state index contributed by atoms with van der Waals surface area (Å²) in [6, 6.07) is 7.12. The van der Waals surface area contributed by atoms with Crippen molar-refractivity contribution in [1.29, 1.82) is 5.41 Å². The first-order valence-electron chi connectivity index (χ1n) is 5.22. The second kappa shape index (κ2) is 5.05. The van der Waals surface area contributed by atoms with Crippen LogP contribution in [0, 0.1) is 5.41 Å². The van der Waals surface area contributed by atoms with Crippen LogP contribution in [0.15, 0.2) is 29.2 Å². The second-order valence-corrected chi connectivity index (χ2v) is 4.75. The van der Waals surface area contributed by atoms with Crippen molar-refractivity contribution in [3.63, 3.8) is 0 Å². The van der Waals surface area contributed by atoms with Crippen molar-refractivity contribution < 1.29 is 9.59 Å². The number of anilines is 1. The molecule has 18 heavy (non-hydrogen) atoms. The number of nitrogens with one attached hydrogen (secondary N) is 3. The monoisotopic (exact) mass is 261 g/mol. The number of hydrogen-bond donors (Lipinski definition) is 3. The van der Waals surface area contributed by atoms with Gasteiger partial charge in [-0.15, -0.1) is 0 Å². The first-order valence-corrected chi connectivity index (χ1v) is 6.03. The van der Waals surface area contributed by atoms with Gasteiger partial charge in [-0.25, -0.2) is 0 Å². The normalized spacial score (nSPS) is 16.8. The van der Waals surface area contributed by atoms with E-state index in [1.807, 2.05) is 0 Å². The number of amides is 2. The summed E-state index contributed by atoms with van der Waals surface area (Å²) in [5, 5.41) is 12.5. The van der Waals surface area contributed by atoms with E-state index in [1.165, 1.54) is 6.92 Å². The molecule has 1 saturated heterocycles. The number of hydrogen-bond acceptors (Lipinski definition) is 4. The summed E-state index contributed by atoms with van der Waals surface area (Å²) < 4.78 is 0. The predicted molar refractivity (Wildman–Crippen MR) is 72.2 cm³/mol. The van der Waals surface area contributed by atoms with E-state index in [0.717, 1.165) is 17.3 Å². The van der Waals surface area contributed by atoms with E-state index >= 15 is 0 Å². The zero-order valence-corrected chi connectivity index (χ0v) is 10.4. The van der Waals surface area contributed by atoms with Crippen LogP contribution < -0.4 is 10.6 Å². The lowest BCUT2D eigenvalue weighted by atomic mass is 10.2. The predicted octanol–water partition coefficient (Wildman–Crippen LogP) is 1.78. The SMILES string of the molecule is CC(=O)Nc1ccc(/C=C2/SC(=N)NC2=O)cc1. The maximum atomic E-state index is 11.4. The second-order valence-electron chi connectivity index (χ2n) is 3.70. The molecule has 1 aromatic carbocycles. The molecule has 0 spiro atoms. The van der Waals surface area contributed by atoms with Crippen molar-refractivity contribution in [3.8, 4) is 0 Å². The lowest BCUT2D eigenvalue weighted by Crippen LogP contribution is -2.18. The Bertz CT molecular complexity index is 549. The van der Waals surface area contributed by atoms with Gasteiger partial charge in [0.15, 0.2) is 5.17 Å². The van der Waals surface area contributed by atoms with E-state index in [4.69, 9.17) is 5.41 Å². The average Bonchev–Trinajstić information content (AvgIpc) is 2.59. The lowest BCUT2D eigenvalue weighted by Gasteiger charge is -2.02. The van der Waals surface area contributed by atoms with Gasteiger partial charge in [0, 0.05) is 12.6 Å². The standard InChI is InChI=1S/C12H11N3O2S/c1-7(16)14-9-4-2-8(3-5-9)6-10-11(17)15-12(13)18-10/h2-6H,1H3,(H,14,16)(H2,13,15,17)/b10-6+. The number of carbonyl (C=O) groups is 2. The van der Waals surface area contributed by atoms with Gasteiger partial charge in [-0.3, -0.25) is 15.0 Å². The van der Waals surface area contributed by atoms with Gasteiger partial charge in [0.2, 0.25) is 5.91 Å². The maximum Gasteiger partial charge on any atom is 0.264 e. The smallest absolute Gasteiger partial charge is 0.264 e. The zero-order chi connectivity index (χ0) is 13.1. The highest BCUT2D eigenvalue weighted by molar-refractivity contribution is 8.18. The van der Waals surface area contributed by atoms with Crippen LogP contribution in [0.2, 0.25) is 0 Å². The van der Waals surface area contributed by atoms with Crippen molar-refractivity contribution in [1.82, 2.24) is 5.32 Å². The third kappa shape index (κ3) is 2.98. The molecule has 1 aromatic rings. The number of thioether (sulfide) groups is 1. The molecule has 0 aromatic heterocycles. The molecule has 1 fully saturated rings. The van der Waals surface area contributed by atoms with Crippen molar-refractivity contribution in [2.75, 3.05) is 5.32 Å². The van der Waals surface area contributed by atoms with Crippen LogP contribution in [0.5, 0.6) is 0 Å². The molecule has 0 radical (unpaired) electrons. The molecule has 1 heterocycles. The summed E-state index contributed by atoms with van der Waals surface area (Å²) in [5.41, 5.74) is 1.55. The Kier molecular flexibility index (Phi) is 3.47. The van der Waals surface area contributed by atoms with E-state index in [0.29, 0.717) is 10.6 Å². The molecular weight excluding hydrogens is 250 g/mol. The molecule has 1 aliphatic rings. The Morgan fingerprint density at radius 1 is 1.39 bits per heavy atom. The van der Waals surface area contributed by atoms with Crippen LogP contribution in [0.25, 0.3) is 6.08 Å². The average molecular weight is 261 g/mol.